The Balaban J connectivity index is 1.58. The Morgan fingerprint density at radius 3 is 2.79 bits per heavy atom. The lowest BCUT2D eigenvalue weighted by molar-refractivity contribution is -0.384. The van der Waals surface area contributed by atoms with Gasteiger partial charge in [-0.25, -0.2) is 9.97 Å². The third-order valence-electron chi connectivity index (χ3n) is 4.26. The quantitative estimate of drug-likeness (QED) is 0.386. The Labute approximate surface area is 168 Å². The van der Waals surface area contributed by atoms with E-state index in [1.807, 2.05) is 25.3 Å². The molecule has 0 bridgehead atoms. The predicted octanol–water partition coefficient (Wildman–Crippen LogP) is 4.37. The summed E-state index contributed by atoms with van der Waals surface area (Å²) in [7, 11) is 0. The van der Waals surface area contributed by atoms with Gasteiger partial charge in [0.2, 0.25) is 0 Å². The van der Waals surface area contributed by atoms with Crippen molar-refractivity contribution in [2.75, 3.05) is 5.32 Å². The molecule has 0 aliphatic rings. The van der Waals surface area contributed by atoms with Crippen LogP contribution in [0, 0.1) is 24.0 Å². The molecule has 9 nitrogen and oxygen atoms in total. The standard InChI is InChI=1S/C19H15N5O4S/c1-11-7-14(12(2)28-11)15-9-29-19(21-15)22-18(25)13-3-4-16(17(8-13)24(26)27)23-6-5-20-10-23/h3-10H,1-2H3,(H,21,22,25). The molecule has 29 heavy (non-hydrogen) atoms. The van der Waals surface area contributed by atoms with Gasteiger partial charge in [0, 0.05) is 35.0 Å². The number of hydrogen-bond acceptors (Lipinski definition) is 7. The van der Waals surface area contributed by atoms with Crippen molar-refractivity contribution in [2.24, 2.45) is 0 Å². The number of nitro groups is 1. The van der Waals surface area contributed by atoms with Gasteiger partial charge in [0.05, 0.1) is 16.9 Å². The number of nitrogens with zero attached hydrogens (tertiary/aromatic N) is 4. The molecule has 0 aliphatic heterocycles. The highest BCUT2D eigenvalue weighted by Gasteiger charge is 2.20. The number of aryl methyl sites for hydroxylation is 2. The largest absolute Gasteiger partial charge is 0.466 e. The van der Waals surface area contributed by atoms with Crippen LogP contribution in [-0.2, 0) is 0 Å². The second-order valence-corrected chi connectivity index (χ2v) is 7.11. The highest BCUT2D eigenvalue weighted by Crippen LogP contribution is 2.30. The number of hydrogen-bond donors (Lipinski definition) is 1. The maximum Gasteiger partial charge on any atom is 0.294 e. The van der Waals surface area contributed by atoms with Crippen molar-refractivity contribution < 1.29 is 14.1 Å². The fourth-order valence-electron chi connectivity index (χ4n) is 2.94. The van der Waals surface area contributed by atoms with Crippen molar-refractivity contribution in [1.82, 2.24) is 14.5 Å². The van der Waals surface area contributed by atoms with E-state index >= 15 is 0 Å². The molecule has 0 saturated heterocycles. The third kappa shape index (κ3) is 3.65. The molecule has 4 rings (SSSR count). The molecular weight excluding hydrogens is 394 g/mol. The van der Waals surface area contributed by atoms with Crippen molar-refractivity contribution >= 4 is 28.1 Å². The fraction of sp³-hybridized carbons (Fsp3) is 0.105. The van der Waals surface area contributed by atoms with E-state index in [1.165, 1.54) is 46.6 Å². The number of nitrogens with one attached hydrogen (secondary N) is 1. The van der Waals surface area contributed by atoms with Crippen LogP contribution in [0.1, 0.15) is 21.9 Å². The van der Waals surface area contributed by atoms with Crippen LogP contribution in [0.4, 0.5) is 10.8 Å². The van der Waals surface area contributed by atoms with Crippen LogP contribution in [0.15, 0.2) is 52.8 Å². The SMILES string of the molecule is Cc1cc(-c2csc(NC(=O)c3ccc(-n4ccnc4)c([N+](=O)[O-])c3)n2)c(C)o1. The van der Waals surface area contributed by atoms with Gasteiger partial charge in [0.25, 0.3) is 11.6 Å². The van der Waals surface area contributed by atoms with Gasteiger partial charge in [-0.1, -0.05) is 0 Å². The van der Waals surface area contributed by atoms with Crippen molar-refractivity contribution in [3.05, 3.63) is 75.6 Å². The Morgan fingerprint density at radius 1 is 1.31 bits per heavy atom. The minimum absolute atomic E-state index is 0.160. The van der Waals surface area contributed by atoms with Crippen molar-refractivity contribution in [3.63, 3.8) is 0 Å². The number of carbonyl (C=O) groups is 1. The van der Waals surface area contributed by atoms with Gasteiger partial charge in [-0.3, -0.25) is 20.2 Å². The number of carbonyl (C=O) groups excluding carboxylic acids is 1. The van der Waals surface area contributed by atoms with Crippen molar-refractivity contribution in [2.45, 2.75) is 13.8 Å². The highest BCUT2D eigenvalue weighted by atomic mass is 32.1. The van der Waals surface area contributed by atoms with Crippen LogP contribution in [0.2, 0.25) is 0 Å². The number of thiazole rings is 1. The van der Waals surface area contributed by atoms with Crippen LogP contribution in [0.5, 0.6) is 0 Å². The molecule has 10 heteroatoms. The summed E-state index contributed by atoms with van der Waals surface area (Å²) in [4.78, 5) is 31.8. The smallest absolute Gasteiger partial charge is 0.294 e. The lowest BCUT2D eigenvalue weighted by atomic mass is 10.1. The maximum atomic E-state index is 12.6. The zero-order valence-corrected chi connectivity index (χ0v) is 16.3. The van der Waals surface area contributed by atoms with Gasteiger partial charge in [0.15, 0.2) is 5.13 Å². The number of anilines is 1. The predicted molar refractivity (Wildman–Crippen MR) is 107 cm³/mol. The van der Waals surface area contributed by atoms with E-state index < -0.39 is 10.8 Å². The molecule has 0 atom stereocenters. The van der Waals surface area contributed by atoms with Gasteiger partial charge in [-0.2, -0.15) is 0 Å². The lowest BCUT2D eigenvalue weighted by Crippen LogP contribution is -2.12. The van der Waals surface area contributed by atoms with E-state index in [1.54, 1.807) is 6.20 Å². The molecule has 1 amide bonds. The molecular formula is C19H15N5O4S. The third-order valence-corrected chi connectivity index (χ3v) is 5.02. The monoisotopic (exact) mass is 409 g/mol. The van der Waals surface area contributed by atoms with E-state index in [4.69, 9.17) is 4.42 Å². The van der Waals surface area contributed by atoms with Gasteiger partial charge in [-0.15, -0.1) is 11.3 Å². The van der Waals surface area contributed by atoms with Gasteiger partial charge < -0.3 is 8.98 Å². The van der Waals surface area contributed by atoms with E-state index in [0.717, 1.165) is 17.1 Å². The molecule has 0 saturated carbocycles. The summed E-state index contributed by atoms with van der Waals surface area (Å²) in [6, 6.07) is 6.16. The van der Waals surface area contributed by atoms with Gasteiger partial charge in [-0.05, 0) is 32.0 Å². The van der Waals surface area contributed by atoms with Gasteiger partial charge in [0.1, 0.15) is 17.2 Å². The normalized spacial score (nSPS) is 10.8. The minimum atomic E-state index is -0.530. The molecule has 1 N–H and O–H groups in total. The number of amides is 1. The van der Waals surface area contributed by atoms with Gasteiger partial charge >= 0.3 is 0 Å². The Morgan fingerprint density at radius 2 is 2.14 bits per heavy atom. The summed E-state index contributed by atoms with van der Waals surface area (Å²) < 4.78 is 7.03. The lowest BCUT2D eigenvalue weighted by Gasteiger charge is -2.06. The number of aromatic nitrogens is 3. The number of benzene rings is 1. The molecule has 4 aromatic rings. The molecule has 0 fully saturated rings. The Hall–Kier alpha value is -3.79. The first-order valence-corrected chi connectivity index (χ1v) is 9.41. The number of rotatable bonds is 5. The zero-order valence-electron chi connectivity index (χ0n) is 15.4. The van der Waals surface area contributed by atoms with E-state index in [-0.39, 0.29) is 11.3 Å². The minimum Gasteiger partial charge on any atom is -0.466 e. The fourth-order valence-corrected chi connectivity index (χ4v) is 3.65. The second kappa shape index (κ2) is 7.32. The first-order valence-electron chi connectivity index (χ1n) is 8.53. The average Bonchev–Trinajstić information content (AvgIpc) is 3.42. The summed E-state index contributed by atoms with van der Waals surface area (Å²) in [6.07, 6.45) is 4.57. The number of furan rings is 1. The molecule has 146 valence electrons. The summed E-state index contributed by atoms with van der Waals surface area (Å²) >= 11 is 1.27. The number of nitro benzene ring substituents is 1. The molecule has 0 radical (unpaired) electrons. The Bertz CT molecular complexity index is 1210. The summed E-state index contributed by atoms with van der Waals surface area (Å²) in [5, 5.41) is 16.4. The zero-order chi connectivity index (χ0) is 20.5. The molecule has 0 spiro atoms. The first-order chi connectivity index (χ1) is 13.9. The molecule has 0 unspecified atom stereocenters. The summed E-state index contributed by atoms with van der Waals surface area (Å²) in [6.45, 7) is 3.70. The topological polar surface area (TPSA) is 116 Å². The second-order valence-electron chi connectivity index (χ2n) is 6.25. The molecule has 3 heterocycles. The average molecular weight is 409 g/mol. The highest BCUT2D eigenvalue weighted by molar-refractivity contribution is 7.14. The van der Waals surface area contributed by atoms with Crippen LogP contribution in [-0.4, -0.2) is 25.4 Å². The summed E-state index contributed by atoms with van der Waals surface area (Å²) in [5.41, 5.74) is 1.85. The number of imidazole rings is 1. The van der Waals surface area contributed by atoms with Crippen molar-refractivity contribution in [3.8, 4) is 16.9 Å². The van der Waals surface area contributed by atoms with Crippen LogP contribution >= 0.6 is 11.3 Å². The van der Waals surface area contributed by atoms with E-state index in [9.17, 15) is 14.9 Å². The summed E-state index contributed by atoms with van der Waals surface area (Å²) in [5.74, 6) is 1.05. The molecule has 3 aromatic heterocycles. The Kier molecular flexibility index (Phi) is 4.69. The maximum absolute atomic E-state index is 12.6. The van der Waals surface area contributed by atoms with Crippen molar-refractivity contribution in [1.29, 1.82) is 0 Å². The van der Waals surface area contributed by atoms with Crippen LogP contribution < -0.4 is 5.32 Å². The molecule has 1 aromatic carbocycles. The van der Waals surface area contributed by atoms with Crippen LogP contribution in [0.25, 0.3) is 16.9 Å². The molecule has 0 aliphatic carbocycles. The van der Waals surface area contributed by atoms with E-state index in [0.29, 0.717) is 16.5 Å². The van der Waals surface area contributed by atoms with E-state index in [2.05, 4.69) is 15.3 Å². The van der Waals surface area contributed by atoms with Crippen LogP contribution in [0.3, 0.4) is 0 Å². The first kappa shape index (κ1) is 18.6.